The molecular weight excluding hydrogens is 180 g/mol. The summed E-state index contributed by atoms with van der Waals surface area (Å²) >= 11 is 0. The first-order valence-corrected chi connectivity index (χ1v) is 5.19. The van der Waals surface area contributed by atoms with Gasteiger partial charge in [0.15, 0.2) is 5.82 Å². The maximum atomic E-state index is 9.59. The number of aryl methyl sites for hydroxylation is 1. The van der Waals surface area contributed by atoms with Crippen LogP contribution >= 0.6 is 0 Å². The summed E-state index contributed by atoms with van der Waals surface area (Å²) < 4.78 is 5.08. The van der Waals surface area contributed by atoms with Crippen molar-refractivity contribution in [1.82, 2.24) is 10.1 Å². The molecule has 1 rings (SSSR count). The zero-order valence-electron chi connectivity index (χ0n) is 9.03. The van der Waals surface area contributed by atoms with Gasteiger partial charge >= 0.3 is 0 Å². The second kappa shape index (κ2) is 5.10. The Morgan fingerprint density at radius 2 is 2.14 bits per heavy atom. The molecule has 0 amide bonds. The second-order valence-corrected chi connectivity index (χ2v) is 3.56. The zero-order valence-corrected chi connectivity index (χ0v) is 9.03. The fraction of sp³-hybridized carbons (Fsp3) is 0.800. The highest BCUT2D eigenvalue weighted by Gasteiger charge is 2.20. The Morgan fingerprint density at radius 3 is 2.71 bits per heavy atom. The van der Waals surface area contributed by atoms with Crippen molar-refractivity contribution in [3.05, 3.63) is 11.7 Å². The first kappa shape index (κ1) is 11.2. The Labute approximate surface area is 84.3 Å². The molecule has 0 fully saturated rings. The van der Waals surface area contributed by atoms with Crippen LogP contribution in [0.2, 0.25) is 0 Å². The van der Waals surface area contributed by atoms with Gasteiger partial charge in [-0.15, -0.1) is 0 Å². The van der Waals surface area contributed by atoms with Gasteiger partial charge in [0, 0.05) is 6.42 Å². The summed E-state index contributed by atoms with van der Waals surface area (Å²) in [5, 5.41) is 13.4. The second-order valence-electron chi connectivity index (χ2n) is 3.56. The number of hydrogen-bond donors (Lipinski definition) is 1. The largest absolute Gasteiger partial charge is 0.392 e. The molecule has 0 aliphatic heterocycles. The van der Waals surface area contributed by atoms with Gasteiger partial charge in [-0.25, -0.2) is 0 Å². The van der Waals surface area contributed by atoms with Crippen LogP contribution in [-0.4, -0.2) is 21.4 Å². The Hall–Kier alpha value is -0.900. The molecule has 2 atom stereocenters. The number of nitrogens with zero attached hydrogens (tertiary/aromatic N) is 2. The van der Waals surface area contributed by atoms with Crippen molar-refractivity contribution in [2.75, 3.05) is 0 Å². The van der Waals surface area contributed by atoms with Crippen LogP contribution in [0, 0.1) is 0 Å². The third-order valence-electron chi connectivity index (χ3n) is 2.34. The minimum atomic E-state index is -0.398. The van der Waals surface area contributed by atoms with Gasteiger partial charge in [-0.3, -0.25) is 0 Å². The molecule has 14 heavy (non-hydrogen) atoms. The molecule has 1 heterocycles. The molecule has 4 nitrogen and oxygen atoms in total. The van der Waals surface area contributed by atoms with Crippen LogP contribution in [0.5, 0.6) is 0 Å². The molecule has 4 heteroatoms. The number of aliphatic hydroxyl groups excluding tert-OH is 1. The summed E-state index contributed by atoms with van der Waals surface area (Å²) in [4.78, 5) is 4.23. The van der Waals surface area contributed by atoms with E-state index in [0.29, 0.717) is 12.3 Å². The van der Waals surface area contributed by atoms with Gasteiger partial charge in [0.05, 0.1) is 12.0 Å². The van der Waals surface area contributed by atoms with E-state index in [1.54, 1.807) is 0 Å². The highest BCUT2D eigenvalue weighted by Crippen LogP contribution is 2.19. The highest BCUT2D eigenvalue weighted by atomic mass is 16.5. The molecule has 0 saturated carbocycles. The molecule has 0 aliphatic carbocycles. The first-order valence-electron chi connectivity index (χ1n) is 5.19. The minimum absolute atomic E-state index is 0.0712. The van der Waals surface area contributed by atoms with Gasteiger partial charge in [0.1, 0.15) is 0 Å². The molecule has 0 saturated heterocycles. The van der Waals surface area contributed by atoms with E-state index in [9.17, 15) is 5.11 Å². The smallest absolute Gasteiger partial charge is 0.232 e. The van der Waals surface area contributed by atoms with Crippen LogP contribution in [-0.2, 0) is 6.42 Å². The first-order chi connectivity index (χ1) is 6.69. The Balaban J connectivity index is 2.65. The van der Waals surface area contributed by atoms with E-state index in [4.69, 9.17) is 4.52 Å². The van der Waals surface area contributed by atoms with Gasteiger partial charge < -0.3 is 9.63 Å². The maximum Gasteiger partial charge on any atom is 0.232 e. The zero-order chi connectivity index (χ0) is 10.6. The van der Waals surface area contributed by atoms with Crippen LogP contribution < -0.4 is 0 Å². The normalized spacial score (nSPS) is 15.4. The topological polar surface area (TPSA) is 59.2 Å². The number of rotatable bonds is 5. The average Bonchev–Trinajstić information content (AvgIpc) is 2.64. The molecule has 0 bridgehead atoms. The van der Waals surface area contributed by atoms with Crippen LogP contribution in [0.3, 0.4) is 0 Å². The van der Waals surface area contributed by atoms with Crippen molar-refractivity contribution in [3.8, 4) is 0 Å². The number of aliphatic hydroxyl groups is 1. The van der Waals surface area contributed by atoms with Crippen LogP contribution in [0.4, 0.5) is 0 Å². The maximum absolute atomic E-state index is 9.59. The molecule has 0 radical (unpaired) electrons. The fourth-order valence-electron chi connectivity index (χ4n) is 1.30. The quantitative estimate of drug-likeness (QED) is 0.785. The standard InChI is InChI=1S/C10H18N2O2/c1-4-6-9-11-10(14-12-9)7(3)8(13)5-2/h7-8,13H,4-6H2,1-3H3. The molecule has 80 valence electrons. The van der Waals surface area contributed by atoms with E-state index >= 15 is 0 Å². The molecule has 0 aliphatic rings. The van der Waals surface area contributed by atoms with Crippen molar-refractivity contribution in [2.24, 2.45) is 0 Å². The average molecular weight is 198 g/mol. The summed E-state index contributed by atoms with van der Waals surface area (Å²) in [6.07, 6.45) is 2.14. The molecule has 1 aromatic rings. The van der Waals surface area contributed by atoms with E-state index in [-0.39, 0.29) is 5.92 Å². The van der Waals surface area contributed by atoms with Crippen molar-refractivity contribution in [3.63, 3.8) is 0 Å². The van der Waals surface area contributed by atoms with E-state index in [0.717, 1.165) is 18.7 Å². The predicted molar refractivity (Wildman–Crippen MR) is 53.0 cm³/mol. The van der Waals surface area contributed by atoms with Gasteiger partial charge in [-0.2, -0.15) is 4.98 Å². The van der Waals surface area contributed by atoms with Gasteiger partial charge in [0.2, 0.25) is 5.89 Å². The summed E-state index contributed by atoms with van der Waals surface area (Å²) in [7, 11) is 0. The molecule has 0 aromatic carbocycles. The third kappa shape index (κ3) is 2.54. The van der Waals surface area contributed by atoms with E-state index in [1.165, 1.54) is 0 Å². The van der Waals surface area contributed by atoms with Gasteiger partial charge in [-0.05, 0) is 12.8 Å². The lowest BCUT2D eigenvalue weighted by Crippen LogP contribution is -2.14. The molecule has 2 unspecified atom stereocenters. The molecule has 1 N–H and O–H groups in total. The van der Waals surface area contributed by atoms with E-state index in [2.05, 4.69) is 17.1 Å². The molecule has 0 spiro atoms. The summed E-state index contributed by atoms with van der Waals surface area (Å²) in [5.41, 5.74) is 0. The minimum Gasteiger partial charge on any atom is -0.392 e. The van der Waals surface area contributed by atoms with Crippen LogP contribution in [0.15, 0.2) is 4.52 Å². The Bertz CT molecular complexity index is 273. The monoisotopic (exact) mass is 198 g/mol. The molecular formula is C10H18N2O2. The SMILES string of the molecule is CCCc1noc(C(C)C(O)CC)n1. The van der Waals surface area contributed by atoms with Crippen molar-refractivity contribution in [1.29, 1.82) is 0 Å². The van der Waals surface area contributed by atoms with Crippen molar-refractivity contribution in [2.45, 2.75) is 52.1 Å². The van der Waals surface area contributed by atoms with Gasteiger partial charge in [-0.1, -0.05) is 25.9 Å². The summed E-state index contributed by atoms with van der Waals surface area (Å²) in [6, 6.07) is 0. The predicted octanol–water partition coefficient (Wildman–Crippen LogP) is 1.90. The van der Waals surface area contributed by atoms with Crippen molar-refractivity contribution < 1.29 is 9.63 Å². The lowest BCUT2D eigenvalue weighted by Gasteiger charge is -2.11. The Morgan fingerprint density at radius 1 is 1.43 bits per heavy atom. The van der Waals surface area contributed by atoms with Crippen LogP contribution in [0.25, 0.3) is 0 Å². The summed E-state index contributed by atoms with van der Waals surface area (Å²) in [6.45, 7) is 5.91. The summed E-state index contributed by atoms with van der Waals surface area (Å²) in [5.74, 6) is 1.21. The Kier molecular flexibility index (Phi) is 4.07. The lowest BCUT2D eigenvalue weighted by atomic mass is 10.0. The van der Waals surface area contributed by atoms with E-state index < -0.39 is 6.10 Å². The lowest BCUT2D eigenvalue weighted by molar-refractivity contribution is 0.129. The van der Waals surface area contributed by atoms with Gasteiger partial charge in [0.25, 0.3) is 0 Å². The third-order valence-corrected chi connectivity index (χ3v) is 2.34. The van der Waals surface area contributed by atoms with Crippen molar-refractivity contribution >= 4 is 0 Å². The number of aromatic nitrogens is 2. The number of hydrogen-bond acceptors (Lipinski definition) is 4. The van der Waals surface area contributed by atoms with E-state index in [1.807, 2.05) is 13.8 Å². The van der Waals surface area contributed by atoms with Crippen LogP contribution in [0.1, 0.15) is 51.2 Å². The molecule has 1 aromatic heterocycles. The fourth-order valence-corrected chi connectivity index (χ4v) is 1.30. The highest BCUT2D eigenvalue weighted by molar-refractivity contribution is 4.95.